The van der Waals surface area contributed by atoms with Gasteiger partial charge in [0.1, 0.15) is 6.10 Å². The molecule has 0 spiro atoms. The molecule has 2 atom stereocenters. The lowest BCUT2D eigenvalue weighted by molar-refractivity contribution is 0.0642. The topological polar surface area (TPSA) is 74.2 Å². The molecule has 1 aliphatic heterocycles. The fourth-order valence-electron chi connectivity index (χ4n) is 1.58. The molecule has 2 rings (SSSR count). The summed E-state index contributed by atoms with van der Waals surface area (Å²) in [6.45, 7) is 3.12. The molecule has 1 aromatic rings. The van der Waals surface area contributed by atoms with Crippen molar-refractivity contribution in [2.45, 2.75) is 19.4 Å². The van der Waals surface area contributed by atoms with Gasteiger partial charge in [-0.25, -0.2) is 0 Å². The van der Waals surface area contributed by atoms with Crippen LogP contribution in [0.25, 0.3) is 0 Å². The lowest BCUT2D eigenvalue weighted by Crippen LogP contribution is -2.18. The highest BCUT2D eigenvalue weighted by Crippen LogP contribution is 2.32. The molecular formula is C8H14ClN3O2. The van der Waals surface area contributed by atoms with Gasteiger partial charge in [-0.1, -0.05) is 5.16 Å². The summed E-state index contributed by atoms with van der Waals surface area (Å²) in [5, 5.41) is 3.72. The smallest absolute Gasteiger partial charge is 0.256 e. The van der Waals surface area contributed by atoms with Crippen molar-refractivity contribution in [1.82, 2.24) is 10.1 Å². The molecule has 0 radical (unpaired) electrons. The van der Waals surface area contributed by atoms with Gasteiger partial charge in [0, 0.05) is 12.5 Å². The zero-order valence-electron chi connectivity index (χ0n) is 7.97. The van der Waals surface area contributed by atoms with Crippen LogP contribution in [-0.2, 0) is 4.74 Å². The quantitative estimate of drug-likeness (QED) is 0.798. The monoisotopic (exact) mass is 219 g/mol. The number of ether oxygens (including phenoxy) is 1. The number of rotatable bonds is 2. The standard InChI is InChI=1S/C8H13N3O2.ClH/c1-5-10-8(13-11-5)7-6(4-9)2-3-12-7;/h6-7H,2-4,9H2,1H3;1H/t6-,7-;/m1./s1. The van der Waals surface area contributed by atoms with Gasteiger partial charge in [0.2, 0.25) is 0 Å². The second-order valence-electron chi connectivity index (χ2n) is 3.26. The van der Waals surface area contributed by atoms with Crippen LogP contribution in [0.1, 0.15) is 24.2 Å². The molecule has 0 aliphatic carbocycles. The van der Waals surface area contributed by atoms with Crippen molar-refractivity contribution < 1.29 is 9.26 Å². The Morgan fingerprint density at radius 1 is 1.57 bits per heavy atom. The first-order chi connectivity index (χ1) is 6.31. The third kappa shape index (κ3) is 2.05. The Hall–Kier alpha value is -0.650. The predicted molar refractivity (Wildman–Crippen MR) is 52.1 cm³/mol. The van der Waals surface area contributed by atoms with Crippen molar-refractivity contribution in [2.75, 3.05) is 13.2 Å². The average Bonchev–Trinajstić information content (AvgIpc) is 2.71. The van der Waals surface area contributed by atoms with E-state index in [9.17, 15) is 0 Å². The Bertz CT molecular complexity index is 292. The predicted octanol–water partition coefficient (Wildman–Crippen LogP) is 0.836. The number of aryl methyl sites for hydroxylation is 1. The van der Waals surface area contributed by atoms with Crippen LogP contribution in [0, 0.1) is 12.8 Å². The second-order valence-corrected chi connectivity index (χ2v) is 3.26. The lowest BCUT2D eigenvalue weighted by Gasteiger charge is -2.11. The molecule has 2 heterocycles. The number of nitrogens with two attached hydrogens (primary N) is 1. The van der Waals surface area contributed by atoms with Crippen molar-refractivity contribution >= 4 is 12.4 Å². The molecule has 1 aliphatic rings. The number of nitrogens with zero attached hydrogens (tertiary/aromatic N) is 2. The fraction of sp³-hybridized carbons (Fsp3) is 0.750. The Morgan fingerprint density at radius 2 is 2.36 bits per heavy atom. The maximum absolute atomic E-state index is 5.60. The zero-order valence-corrected chi connectivity index (χ0v) is 8.79. The van der Waals surface area contributed by atoms with Crippen molar-refractivity contribution in [3.8, 4) is 0 Å². The second kappa shape index (κ2) is 4.72. The number of hydrogen-bond donors (Lipinski definition) is 1. The van der Waals surface area contributed by atoms with Crippen LogP contribution in [0.4, 0.5) is 0 Å². The van der Waals surface area contributed by atoms with Gasteiger partial charge in [-0.15, -0.1) is 12.4 Å². The highest BCUT2D eigenvalue weighted by Gasteiger charge is 2.32. The van der Waals surface area contributed by atoms with Gasteiger partial charge >= 0.3 is 0 Å². The summed E-state index contributed by atoms with van der Waals surface area (Å²) in [6.07, 6.45) is 0.883. The van der Waals surface area contributed by atoms with Crippen LogP contribution < -0.4 is 5.73 Å². The Morgan fingerprint density at radius 3 is 2.93 bits per heavy atom. The first-order valence-electron chi connectivity index (χ1n) is 4.43. The Balaban J connectivity index is 0.000000980. The first kappa shape index (κ1) is 11.4. The third-order valence-corrected chi connectivity index (χ3v) is 2.30. The largest absolute Gasteiger partial charge is 0.368 e. The van der Waals surface area contributed by atoms with E-state index in [-0.39, 0.29) is 18.5 Å². The number of halogens is 1. The molecule has 1 fully saturated rings. The van der Waals surface area contributed by atoms with E-state index in [2.05, 4.69) is 10.1 Å². The summed E-state index contributed by atoms with van der Waals surface area (Å²) in [6, 6.07) is 0. The van der Waals surface area contributed by atoms with Crippen LogP contribution in [0.3, 0.4) is 0 Å². The van der Waals surface area contributed by atoms with E-state index in [1.54, 1.807) is 6.92 Å². The highest BCUT2D eigenvalue weighted by atomic mass is 35.5. The normalized spacial score (nSPS) is 26.1. The van der Waals surface area contributed by atoms with E-state index in [1.807, 2.05) is 0 Å². The summed E-state index contributed by atoms with van der Waals surface area (Å²) < 4.78 is 10.5. The molecule has 0 saturated carbocycles. The van der Waals surface area contributed by atoms with Gasteiger partial charge in [-0.05, 0) is 19.9 Å². The summed E-state index contributed by atoms with van der Waals surface area (Å²) in [7, 11) is 0. The van der Waals surface area contributed by atoms with E-state index < -0.39 is 0 Å². The minimum Gasteiger partial charge on any atom is -0.368 e. The fourth-order valence-corrected chi connectivity index (χ4v) is 1.58. The van der Waals surface area contributed by atoms with Gasteiger partial charge in [-0.2, -0.15) is 4.98 Å². The first-order valence-corrected chi connectivity index (χ1v) is 4.43. The van der Waals surface area contributed by atoms with Gasteiger partial charge in [-0.3, -0.25) is 0 Å². The van der Waals surface area contributed by atoms with Crippen molar-refractivity contribution in [2.24, 2.45) is 11.7 Å². The molecule has 2 N–H and O–H groups in total. The molecule has 1 aromatic heterocycles. The molecule has 80 valence electrons. The molecule has 14 heavy (non-hydrogen) atoms. The van der Waals surface area contributed by atoms with Crippen LogP contribution >= 0.6 is 12.4 Å². The van der Waals surface area contributed by atoms with E-state index in [0.717, 1.165) is 13.0 Å². The zero-order chi connectivity index (χ0) is 9.26. The Kier molecular flexibility index (Phi) is 3.86. The van der Waals surface area contributed by atoms with Crippen LogP contribution in [-0.4, -0.2) is 23.3 Å². The van der Waals surface area contributed by atoms with E-state index in [1.165, 1.54) is 0 Å². The molecule has 0 amide bonds. The van der Waals surface area contributed by atoms with Gasteiger partial charge in [0.25, 0.3) is 5.89 Å². The highest BCUT2D eigenvalue weighted by molar-refractivity contribution is 5.85. The molecular weight excluding hydrogens is 206 g/mol. The lowest BCUT2D eigenvalue weighted by atomic mass is 10.0. The maximum Gasteiger partial charge on any atom is 0.256 e. The van der Waals surface area contributed by atoms with Crippen LogP contribution in [0.2, 0.25) is 0 Å². The third-order valence-electron chi connectivity index (χ3n) is 2.30. The molecule has 1 saturated heterocycles. The summed E-state index contributed by atoms with van der Waals surface area (Å²) in [5.74, 6) is 1.52. The summed E-state index contributed by atoms with van der Waals surface area (Å²) in [5.41, 5.74) is 5.60. The van der Waals surface area contributed by atoms with Crippen molar-refractivity contribution in [3.05, 3.63) is 11.7 Å². The van der Waals surface area contributed by atoms with Crippen LogP contribution in [0.15, 0.2) is 4.52 Å². The van der Waals surface area contributed by atoms with E-state index in [4.69, 9.17) is 15.0 Å². The number of aromatic nitrogens is 2. The minimum absolute atomic E-state index is 0. The summed E-state index contributed by atoms with van der Waals surface area (Å²) >= 11 is 0. The maximum atomic E-state index is 5.60. The van der Waals surface area contributed by atoms with Crippen LogP contribution in [0.5, 0.6) is 0 Å². The van der Waals surface area contributed by atoms with Crippen molar-refractivity contribution in [1.29, 1.82) is 0 Å². The van der Waals surface area contributed by atoms with Gasteiger partial charge in [0.15, 0.2) is 5.82 Å². The molecule has 0 bridgehead atoms. The van der Waals surface area contributed by atoms with Crippen molar-refractivity contribution in [3.63, 3.8) is 0 Å². The SMILES string of the molecule is Cc1noc([C@@H]2OCC[C@@H]2CN)n1.Cl. The number of hydrogen-bond acceptors (Lipinski definition) is 5. The van der Waals surface area contributed by atoms with E-state index >= 15 is 0 Å². The molecule has 0 unspecified atom stereocenters. The molecule has 0 aromatic carbocycles. The summed E-state index contributed by atoms with van der Waals surface area (Å²) in [4.78, 5) is 4.13. The van der Waals surface area contributed by atoms with Gasteiger partial charge < -0.3 is 15.0 Å². The molecule has 5 nitrogen and oxygen atoms in total. The average molecular weight is 220 g/mol. The van der Waals surface area contributed by atoms with Gasteiger partial charge in [0.05, 0.1) is 0 Å². The Labute approximate surface area is 88.4 Å². The van der Waals surface area contributed by atoms with E-state index in [0.29, 0.717) is 24.2 Å². The molecule has 6 heteroatoms. The minimum atomic E-state index is -0.0915.